The number of benzene rings is 1. The number of carbonyl (C=O) groups excluding carboxylic acids is 2. The van der Waals surface area contributed by atoms with Gasteiger partial charge in [0.2, 0.25) is 5.91 Å². The number of rotatable bonds is 6. The quantitative estimate of drug-likeness (QED) is 0.780. The van der Waals surface area contributed by atoms with Crippen molar-refractivity contribution in [1.82, 2.24) is 5.32 Å². The average molecular weight is 331 g/mol. The summed E-state index contributed by atoms with van der Waals surface area (Å²) in [5.41, 5.74) is 0.858. The third-order valence-electron chi connectivity index (χ3n) is 2.26. The number of carbonyl (C=O) groups is 2. The predicted molar refractivity (Wildman–Crippen MR) is 79.5 cm³/mol. The normalized spacial score (nSPS) is 10.8. The van der Waals surface area contributed by atoms with Gasteiger partial charge in [-0.1, -0.05) is 18.2 Å². The van der Waals surface area contributed by atoms with Gasteiger partial charge in [-0.05, 0) is 26.0 Å². The lowest BCUT2D eigenvalue weighted by atomic mass is 10.2. The Morgan fingerprint density at radius 2 is 1.89 bits per heavy atom. The first-order chi connectivity index (χ1) is 8.63. The zero-order valence-electron chi connectivity index (χ0n) is 11.0. The molecule has 1 amide bonds. The van der Waals surface area contributed by atoms with E-state index in [-0.39, 0.29) is 29.4 Å². The van der Waals surface area contributed by atoms with E-state index in [2.05, 4.69) is 10.6 Å². The largest absolute Gasteiger partial charge is 0.465 e. The summed E-state index contributed by atoms with van der Waals surface area (Å²) in [5.74, 6) is -0.676. The first kappa shape index (κ1) is 17.4. The van der Waals surface area contributed by atoms with Crippen molar-refractivity contribution in [2.24, 2.45) is 0 Å². The van der Waals surface area contributed by atoms with Gasteiger partial charge >= 0.3 is 5.97 Å². The molecule has 0 aromatic heterocycles. The summed E-state index contributed by atoms with van der Waals surface area (Å²) in [4.78, 5) is 22.7. The van der Waals surface area contributed by atoms with Crippen molar-refractivity contribution in [3.05, 3.63) is 30.3 Å². The molecule has 0 aliphatic rings. The van der Waals surface area contributed by atoms with E-state index in [1.54, 1.807) is 13.8 Å². The summed E-state index contributed by atoms with van der Waals surface area (Å²) in [6.45, 7) is 3.66. The van der Waals surface area contributed by atoms with E-state index in [4.69, 9.17) is 4.74 Å². The molecule has 0 saturated carbocycles. The number of hydrogen-bond acceptors (Lipinski definition) is 4. The maximum atomic E-state index is 11.7. The van der Waals surface area contributed by atoms with Crippen LogP contribution in [0.25, 0.3) is 0 Å². The van der Waals surface area contributed by atoms with Crippen LogP contribution in [0.5, 0.6) is 0 Å². The molecule has 0 aliphatic heterocycles. The number of halogens is 1. The minimum atomic E-state index is -0.433. The topological polar surface area (TPSA) is 67.4 Å². The second-order valence-electron chi connectivity index (χ2n) is 3.75. The molecule has 6 heteroatoms. The van der Waals surface area contributed by atoms with Crippen molar-refractivity contribution in [2.45, 2.75) is 19.9 Å². The standard InChI is InChI=1S/C13H18N2O3.BrH/c1-3-18-12(16)9-14-13(17)10(2)15-11-7-5-4-6-8-11;/h4-8,10,15H,3,9H2,1-2H3,(H,14,17);1H. The van der Waals surface area contributed by atoms with Crippen LogP contribution in [-0.4, -0.2) is 31.1 Å². The molecule has 0 bridgehead atoms. The molecule has 0 radical (unpaired) electrons. The zero-order chi connectivity index (χ0) is 13.4. The monoisotopic (exact) mass is 330 g/mol. The first-order valence-electron chi connectivity index (χ1n) is 5.88. The van der Waals surface area contributed by atoms with Crippen molar-refractivity contribution >= 4 is 34.5 Å². The van der Waals surface area contributed by atoms with Gasteiger partial charge in [-0.2, -0.15) is 0 Å². The molecule has 1 aromatic carbocycles. The predicted octanol–water partition coefficient (Wildman–Crippen LogP) is 1.74. The molecule has 1 rings (SSSR count). The fourth-order valence-electron chi connectivity index (χ4n) is 1.37. The van der Waals surface area contributed by atoms with Crippen LogP contribution in [0.1, 0.15) is 13.8 Å². The SMILES string of the molecule is Br.CCOC(=O)CNC(=O)C(C)Nc1ccccc1. The molecule has 0 spiro atoms. The van der Waals surface area contributed by atoms with Crippen LogP contribution >= 0.6 is 17.0 Å². The molecule has 2 N–H and O–H groups in total. The van der Waals surface area contributed by atoms with Crippen molar-refractivity contribution in [3.63, 3.8) is 0 Å². The average Bonchev–Trinajstić information content (AvgIpc) is 2.37. The van der Waals surface area contributed by atoms with Crippen LogP contribution < -0.4 is 10.6 Å². The van der Waals surface area contributed by atoms with Gasteiger partial charge in [0.1, 0.15) is 12.6 Å². The van der Waals surface area contributed by atoms with Crippen molar-refractivity contribution in [1.29, 1.82) is 0 Å². The number of nitrogens with one attached hydrogen (secondary N) is 2. The molecular weight excluding hydrogens is 312 g/mol. The Hall–Kier alpha value is -1.56. The summed E-state index contributed by atoms with van der Waals surface area (Å²) in [7, 11) is 0. The molecule has 1 unspecified atom stereocenters. The lowest BCUT2D eigenvalue weighted by Gasteiger charge is -2.14. The van der Waals surface area contributed by atoms with Crippen LogP contribution in [0.15, 0.2) is 30.3 Å². The number of anilines is 1. The molecule has 0 aliphatic carbocycles. The minimum Gasteiger partial charge on any atom is -0.465 e. The lowest BCUT2D eigenvalue weighted by molar-refractivity contribution is -0.143. The van der Waals surface area contributed by atoms with Gasteiger partial charge in [0.25, 0.3) is 0 Å². The zero-order valence-corrected chi connectivity index (χ0v) is 12.7. The molecular formula is C13H19BrN2O3. The molecule has 1 atom stereocenters. The Labute approximate surface area is 123 Å². The van der Waals surface area contributed by atoms with Gasteiger partial charge in [0.05, 0.1) is 6.61 Å². The van der Waals surface area contributed by atoms with E-state index in [0.29, 0.717) is 6.61 Å². The Morgan fingerprint density at radius 1 is 1.26 bits per heavy atom. The second kappa shape index (κ2) is 9.38. The highest BCUT2D eigenvalue weighted by Crippen LogP contribution is 2.06. The van der Waals surface area contributed by atoms with Gasteiger partial charge in [0.15, 0.2) is 0 Å². The Kier molecular flexibility index (Phi) is 8.61. The fraction of sp³-hybridized carbons (Fsp3) is 0.385. The van der Waals surface area contributed by atoms with Crippen LogP contribution in [0, 0.1) is 0 Å². The fourth-order valence-corrected chi connectivity index (χ4v) is 1.37. The van der Waals surface area contributed by atoms with E-state index in [1.165, 1.54) is 0 Å². The Balaban J connectivity index is 0.00000324. The highest BCUT2D eigenvalue weighted by atomic mass is 79.9. The molecule has 106 valence electrons. The lowest BCUT2D eigenvalue weighted by Crippen LogP contribution is -2.40. The van der Waals surface area contributed by atoms with Gasteiger partial charge in [-0.25, -0.2) is 0 Å². The molecule has 0 fully saturated rings. The molecule has 0 heterocycles. The number of amides is 1. The molecule has 5 nitrogen and oxygen atoms in total. The Morgan fingerprint density at radius 3 is 2.47 bits per heavy atom. The van der Waals surface area contributed by atoms with Crippen molar-refractivity contribution in [3.8, 4) is 0 Å². The number of esters is 1. The summed E-state index contributed by atoms with van der Waals surface area (Å²) in [5, 5.41) is 5.54. The van der Waals surface area contributed by atoms with E-state index >= 15 is 0 Å². The summed E-state index contributed by atoms with van der Waals surface area (Å²) < 4.78 is 4.72. The summed E-state index contributed by atoms with van der Waals surface area (Å²) in [6.07, 6.45) is 0. The maximum Gasteiger partial charge on any atom is 0.325 e. The first-order valence-corrected chi connectivity index (χ1v) is 5.88. The molecule has 0 saturated heterocycles. The van der Waals surface area contributed by atoms with E-state index in [0.717, 1.165) is 5.69 Å². The van der Waals surface area contributed by atoms with E-state index < -0.39 is 12.0 Å². The maximum absolute atomic E-state index is 11.7. The third kappa shape index (κ3) is 6.81. The van der Waals surface area contributed by atoms with Gasteiger partial charge in [-0.3, -0.25) is 9.59 Å². The van der Waals surface area contributed by atoms with Crippen molar-refractivity contribution < 1.29 is 14.3 Å². The highest BCUT2D eigenvalue weighted by molar-refractivity contribution is 8.93. The second-order valence-corrected chi connectivity index (χ2v) is 3.75. The van der Waals surface area contributed by atoms with E-state index in [9.17, 15) is 9.59 Å². The van der Waals surface area contributed by atoms with Gasteiger partial charge in [-0.15, -0.1) is 17.0 Å². The van der Waals surface area contributed by atoms with Crippen molar-refractivity contribution in [2.75, 3.05) is 18.5 Å². The summed E-state index contributed by atoms with van der Waals surface area (Å²) in [6, 6.07) is 8.99. The smallest absolute Gasteiger partial charge is 0.325 e. The van der Waals surface area contributed by atoms with Crippen LogP contribution in [0.4, 0.5) is 5.69 Å². The minimum absolute atomic E-state index is 0. The van der Waals surface area contributed by atoms with Crippen LogP contribution in [-0.2, 0) is 14.3 Å². The van der Waals surface area contributed by atoms with Gasteiger partial charge < -0.3 is 15.4 Å². The highest BCUT2D eigenvalue weighted by Gasteiger charge is 2.13. The van der Waals surface area contributed by atoms with E-state index in [1.807, 2.05) is 30.3 Å². The third-order valence-corrected chi connectivity index (χ3v) is 2.26. The van der Waals surface area contributed by atoms with Crippen LogP contribution in [0.3, 0.4) is 0 Å². The van der Waals surface area contributed by atoms with Crippen LogP contribution in [0.2, 0.25) is 0 Å². The number of ether oxygens (including phenoxy) is 1. The Bertz CT molecular complexity index is 398. The van der Waals surface area contributed by atoms with Gasteiger partial charge in [0, 0.05) is 5.69 Å². The number of hydrogen-bond donors (Lipinski definition) is 2. The molecule has 1 aromatic rings. The molecule has 19 heavy (non-hydrogen) atoms. The summed E-state index contributed by atoms with van der Waals surface area (Å²) >= 11 is 0. The number of para-hydroxylation sites is 1.